The Hall–Kier alpha value is -5.01. The maximum absolute atomic E-state index is 12.8. The van der Waals surface area contributed by atoms with Gasteiger partial charge < -0.3 is 34.6 Å². The number of hydrogen-bond acceptors (Lipinski definition) is 10. The van der Waals surface area contributed by atoms with Gasteiger partial charge in [-0.1, -0.05) is 13.2 Å². The van der Waals surface area contributed by atoms with Crippen molar-refractivity contribution in [3.05, 3.63) is 59.7 Å². The summed E-state index contributed by atoms with van der Waals surface area (Å²) in [5.74, 6) is -9.52. The van der Waals surface area contributed by atoms with E-state index in [1.807, 2.05) is 0 Å². The van der Waals surface area contributed by atoms with Crippen LogP contribution in [0, 0.1) is 5.41 Å². The van der Waals surface area contributed by atoms with Crippen LogP contribution in [0.2, 0.25) is 0 Å². The van der Waals surface area contributed by atoms with Crippen LogP contribution in [0.15, 0.2) is 43.0 Å². The van der Waals surface area contributed by atoms with Crippen molar-refractivity contribution in [2.75, 3.05) is 13.2 Å². The number of aliphatic carboxylic acids is 2. The van der Waals surface area contributed by atoms with Gasteiger partial charge in [0.1, 0.15) is 12.7 Å². The quantitative estimate of drug-likeness (QED) is 0.131. The van der Waals surface area contributed by atoms with Crippen LogP contribution in [-0.4, -0.2) is 81.5 Å². The van der Waals surface area contributed by atoms with E-state index >= 15 is 0 Å². The molecule has 0 aliphatic carbocycles. The average molecular weight is 550 g/mol. The summed E-state index contributed by atoms with van der Waals surface area (Å²) in [5.41, 5.74) is -4.04. The minimum absolute atomic E-state index is 0.0539. The van der Waals surface area contributed by atoms with E-state index < -0.39 is 102 Å². The normalized spacial score (nSPS) is 12.6. The van der Waals surface area contributed by atoms with Crippen LogP contribution in [-0.2, 0) is 33.4 Å². The number of carbonyl (C=O) groups excluding carboxylic acids is 3. The summed E-state index contributed by atoms with van der Waals surface area (Å²) in [5, 5.41) is 37.8. The molecule has 39 heavy (non-hydrogen) atoms. The highest BCUT2D eigenvalue weighted by Crippen LogP contribution is 2.35. The second kappa shape index (κ2) is 14.1. The zero-order valence-electron chi connectivity index (χ0n) is 20.7. The molecule has 2 unspecified atom stereocenters. The Morgan fingerprint density at radius 1 is 0.974 bits per heavy atom. The minimum Gasteiger partial charge on any atom is -0.481 e. The molecule has 0 heterocycles. The van der Waals surface area contributed by atoms with E-state index in [-0.39, 0.29) is 5.57 Å². The molecule has 14 nitrogen and oxygen atoms in total. The maximum Gasteiger partial charge on any atom is 0.338 e. The molecule has 0 bridgehead atoms. The third-order valence-electron chi connectivity index (χ3n) is 5.29. The number of carboxylic acid groups (broad SMARTS) is 4. The van der Waals surface area contributed by atoms with Gasteiger partial charge in [-0.15, -0.1) is 0 Å². The molecule has 0 radical (unpaired) electrons. The summed E-state index contributed by atoms with van der Waals surface area (Å²) in [6.45, 7) is 6.58. The molecule has 1 aromatic rings. The minimum atomic E-state index is -2.19. The van der Waals surface area contributed by atoms with Crippen molar-refractivity contribution in [3.8, 4) is 0 Å². The standard InChI is InChI=1S/C25H26O14/c1-4-19(28)37-8-7-25(24(35)36,11-18(26)27)10-15(12-38-22(33)13(2)3)39-23(34)14-5-6-16(20(29)30)17(9-14)21(31)32/h4-6,9,15H,1-2,7-8,10-12H2,3H3,(H,26,27)(H,29,30)(H,31,32)(H,35,36). The van der Waals surface area contributed by atoms with Gasteiger partial charge in [0.15, 0.2) is 0 Å². The fourth-order valence-corrected chi connectivity index (χ4v) is 3.34. The average Bonchev–Trinajstić information content (AvgIpc) is 2.85. The largest absolute Gasteiger partial charge is 0.481 e. The second-order valence-corrected chi connectivity index (χ2v) is 8.26. The fourth-order valence-electron chi connectivity index (χ4n) is 3.34. The lowest BCUT2D eigenvalue weighted by Gasteiger charge is -2.31. The Bertz CT molecular complexity index is 1200. The lowest BCUT2D eigenvalue weighted by atomic mass is 9.76. The van der Waals surface area contributed by atoms with Crippen molar-refractivity contribution in [2.24, 2.45) is 5.41 Å². The molecular formula is C25H26O14. The summed E-state index contributed by atoms with van der Waals surface area (Å²) in [7, 11) is 0. The van der Waals surface area contributed by atoms with E-state index in [0.717, 1.165) is 24.3 Å². The third-order valence-corrected chi connectivity index (χ3v) is 5.29. The summed E-state index contributed by atoms with van der Waals surface area (Å²) in [6.07, 6.45) is -3.09. The van der Waals surface area contributed by atoms with Crippen molar-refractivity contribution in [3.63, 3.8) is 0 Å². The van der Waals surface area contributed by atoms with E-state index in [1.165, 1.54) is 6.92 Å². The molecule has 0 spiro atoms. The number of carboxylic acids is 4. The molecule has 0 aromatic heterocycles. The van der Waals surface area contributed by atoms with Gasteiger partial charge in [-0.25, -0.2) is 24.0 Å². The van der Waals surface area contributed by atoms with E-state index in [2.05, 4.69) is 13.2 Å². The summed E-state index contributed by atoms with van der Waals surface area (Å²) < 4.78 is 15.0. The summed E-state index contributed by atoms with van der Waals surface area (Å²) in [4.78, 5) is 82.7. The van der Waals surface area contributed by atoms with Gasteiger partial charge in [-0.3, -0.25) is 9.59 Å². The zero-order valence-corrected chi connectivity index (χ0v) is 20.7. The molecule has 0 aliphatic heterocycles. The number of benzene rings is 1. The van der Waals surface area contributed by atoms with Crippen molar-refractivity contribution in [1.82, 2.24) is 0 Å². The molecule has 1 aromatic carbocycles. The van der Waals surface area contributed by atoms with Crippen molar-refractivity contribution < 1.29 is 68.2 Å². The smallest absolute Gasteiger partial charge is 0.338 e. The SMILES string of the molecule is C=CC(=O)OCCC(CC(=O)O)(CC(COC(=O)C(=C)C)OC(=O)c1ccc(C(=O)O)c(C(=O)O)c1)C(=O)O. The van der Waals surface area contributed by atoms with Crippen LogP contribution < -0.4 is 0 Å². The number of rotatable bonds is 16. The molecule has 14 heteroatoms. The predicted molar refractivity (Wildman–Crippen MR) is 128 cm³/mol. The first-order valence-corrected chi connectivity index (χ1v) is 11.0. The second-order valence-electron chi connectivity index (χ2n) is 8.26. The Morgan fingerprint density at radius 3 is 2.08 bits per heavy atom. The molecule has 1 rings (SSSR count). The Morgan fingerprint density at radius 2 is 1.59 bits per heavy atom. The molecule has 0 amide bonds. The lowest BCUT2D eigenvalue weighted by molar-refractivity contribution is -0.162. The highest BCUT2D eigenvalue weighted by Gasteiger charge is 2.44. The fraction of sp³-hybridized carbons (Fsp3) is 0.320. The highest BCUT2D eigenvalue weighted by atomic mass is 16.6. The van der Waals surface area contributed by atoms with Gasteiger partial charge >= 0.3 is 41.8 Å². The van der Waals surface area contributed by atoms with Crippen LogP contribution >= 0.6 is 0 Å². The lowest BCUT2D eigenvalue weighted by Crippen LogP contribution is -2.41. The van der Waals surface area contributed by atoms with Gasteiger partial charge in [0.25, 0.3) is 0 Å². The van der Waals surface area contributed by atoms with Crippen LogP contribution in [0.25, 0.3) is 0 Å². The molecule has 210 valence electrons. The Labute approximate surface area is 221 Å². The van der Waals surface area contributed by atoms with E-state index in [4.69, 9.17) is 19.3 Å². The molecule has 0 fully saturated rings. The number of ether oxygens (including phenoxy) is 3. The first kappa shape index (κ1) is 32.0. The van der Waals surface area contributed by atoms with Crippen LogP contribution in [0.3, 0.4) is 0 Å². The van der Waals surface area contributed by atoms with E-state index in [0.29, 0.717) is 0 Å². The first-order valence-electron chi connectivity index (χ1n) is 11.0. The topological polar surface area (TPSA) is 228 Å². The van der Waals surface area contributed by atoms with Gasteiger partial charge in [-0.2, -0.15) is 0 Å². The Kier molecular flexibility index (Phi) is 11.5. The number of carbonyl (C=O) groups is 7. The van der Waals surface area contributed by atoms with Gasteiger partial charge in [-0.05, 0) is 31.5 Å². The maximum atomic E-state index is 12.8. The monoisotopic (exact) mass is 550 g/mol. The first-order chi connectivity index (χ1) is 18.1. The zero-order chi connectivity index (χ0) is 29.9. The number of hydrogen-bond donors (Lipinski definition) is 4. The molecule has 0 aliphatic rings. The Balaban J connectivity index is 3.41. The van der Waals surface area contributed by atoms with Crippen molar-refractivity contribution in [1.29, 1.82) is 0 Å². The van der Waals surface area contributed by atoms with Gasteiger partial charge in [0, 0.05) is 18.1 Å². The molecule has 0 saturated heterocycles. The molecular weight excluding hydrogens is 524 g/mol. The van der Waals surface area contributed by atoms with E-state index in [1.54, 1.807) is 0 Å². The predicted octanol–water partition coefficient (Wildman–Crippen LogP) is 1.78. The van der Waals surface area contributed by atoms with Crippen LogP contribution in [0.1, 0.15) is 57.3 Å². The third kappa shape index (κ3) is 9.42. The molecule has 2 atom stereocenters. The summed E-state index contributed by atoms with van der Waals surface area (Å²) >= 11 is 0. The molecule has 0 saturated carbocycles. The molecule has 4 N–H and O–H groups in total. The van der Waals surface area contributed by atoms with Crippen LogP contribution in [0.5, 0.6) is 0 Å². The van der Waals surface area contributed by atoms with Crippen LogP contribution in [0.4, 0.5) is 0 Å². The summed E-state index contributed by atoms with van der Waals surface area (Å²) in [6, 6.07) is 2.52. The van der Waals surface area contributed by atoms with E-state index in [9.17, 15) is 48.9 Å². The van der Waals surface area contributed by atoms with Gasteiger partial charge in [0.2, 0.25) is 0 Å². The number of aromatic carboxylic acids is 2. The van der Waals surface area contributed by atoms with Crippen molar-refractivity contribution >= 4 is 41.8 Å². The van der Waals surface area contributed by atoms with Gasteiger partial charge in [0.05, 0.1) is 35.1 Å². The van der Waals surface area contributed by atoms with Crippen molar-refractivity contribution in [2.45, 2.75) is 32.3 Å². The highest BCUT2D eigenvalue weighted by molar-refractivity contribution is 6.04. The number of esters is 3.